The van der Waals surface area contributed by atoms with E-state index in [1.165, 1.54) is 12.2 Å². The predicted molar refractivity (Wildman–Crippen MR) is 38.6 cm³/mol. The Kier molecular flexibility index (Phi) is 2.23. The van der Waals surface area contributed by atoms with Crippen LogP contribution in [-0.2, 0) is 0 Å². The first kappa shape index (κ1) is 9.61. The van der Waals surface area contributed by atoms with E-state index in [0.717, 1.165) is 12.2 Å². The topological polar surface area (TPSA) is 20.2 Å². The van der Waals surface area contributed by atoms with Crippen molar-refractivity contribution in [3.8, 4) is 0 Å². The molecule has 12 heavy (non-hydrogen) atoms. The number of alkyl halides is 4. The van der Waals surface area contributed by atoms with E-state index in [4.69, 9.17) is 16.7 Å². The van der Waals surface area contributed by atoms with Gasteiger partial charge in [-0.15, -0.1) is 0 Å². The number of hydrogen-bond donors (Lipinski definition) is 1. The van der Waals surface area contributed by atoms with Crippen LogP contribution in [0.4, 0.5) is 13.2 Å². The zero-order chi connectivity index (χ0) is 9.41. The number of aliphatic hydroxyl groups is 1. The van der Waals surface area contributed by atoms with Crippen LogP contribution >= 0.6 is 11.6 Å². The van der Waals surface area contributed by atoms with E-state index in [-0.39, 0.29) is 0 Å². The molecule has 0 amide bonds. The average molecular weight is 199 g/mol. The van der Waals surface area contributed by atoms with E-state index < -0.39 is 17.2 Å². The van der Waals surface area contributed by atoms with Crippen LogP contribution in [0.5, 0.6) is 0 Å². The van der Waals surface area contributed by atoms with Crippen molar-refractivity contribution in [2.24, 2.45) is 5.92 Å². The zero-order valence-corrected chi connectivity index (χ0v) is 6.60. The van der Waals surface area contributed by atoms with Crippen LogP contribution in [0.15, 0.2) is 24.3 Å². The molecule has 0 aromatic heterocycles. The Hall–Kier alpha value is -0.480. The summed E-state index contributed by atoms with van der Waals surface area (Å²) in [6.07, 6.45) is -0.304. The average Bonchev–Trinajstić information content (AvgIpc) is 1.83. The van der Waals surface area contributed by atoms with Gasteiger partial charge in [0.2, 0.25) is 0 Å². The summed E-state index contributed by atoms with van der Waals surface area (Å²) in [6, 6.07) is 0. The molecule has 2 atom stereocenters. The van der Waals surface area contributed by atoms with Crippen molar-refractivity contribution in [2.75, 3.05) is 0 Å². The normalized spacial score (nSPS) is 35.6. The van der Waals surface area contributed by atoms with Gasteiger partial charge in [-0.1, -0.05) is 29.8 Å². The quantitative estimate of drug-likeness (QED) is 0.592. The zero-order valence-electron chi connectivity index (χ0n) is 5.85. The molecule has 5 heteroatoms. The highest BCUT2D eigenvalue weighted by molar-refractivity contribution is 6.24. The first-order valence-electron chi connectivity index (χ1n) is 3.18. The fourth-order valence-corrected chi connectivity index (χ4v) is 1.21. The summed E-state index contributed by atoms with van der Waals surface area (Å²) in [7, 11) is 0. The van der Waals surface area contributed by atoms with Gasteiger partial charge in [0.05, 0.1) is 0 Å². The lowest BCUT2D eigenvalue weighted by atomic mass is 9.96. The lowest BCUT2D eigenvalue weighted by Crippen LogP contribution is -2.39. The molecular weight excluding hydrogens is 193 g/mol. The SMILES string of the molecule is O[C@]1(Cl)C=CC=C[C@H]1C(F)(F)F. The van der Waals surface area contributed by atoms with E-state index in [0.29, 0.717) is 0 Å². The van der Waals surface area contributed by atoms with E-state index in [1.807, 2.05) is 0 Å². The van der Waals surface area contributed by atoms with Gasteiger partial charge in [0.25, 0.3) is 0 Å². The van der Waals surface area contributed by atoms with Crippen molar-refractivity contribution in [3.63, 3.8) is 0 Å². The van der Waals surface area contributed by atoms with Gasteiger partial charge in [-0.05, 0) is 6.08 Å². The second kappa shape index (κ2) is 2.78. The van der Waals surface area contributed by atoms with Crippen molar-refractivity contribution in [1.82, 2.24) is 0 Å². The van der Waals surface area contributed by atoms with Gasteiger partial charge in [0.1, 0.15) is 5.92 Å². The molecule has 0 saturated carbocycles. The van der Waals surface area contributed by atoms with Crippen LogP contribution in [0.1, 0.15) is 0 Å². The van der Waals surface area contributed by atoms with Gasteiger partial charge in [0, 0.05) is 0 Å². The molecule has 1 rings (SSSR count). The summed E-state index contributed by atoms with van der Waals surface area (Å²) in [4.78, 5) is 0. The van der Waals surface area contributed by atoms with Gasteiger partial charge >= 0.3 is 6.18 Å². The second-order valence-corrected chi connectivity index (χ2v) is 3.10. The minimum atomic E-state index is -4.52. The monoisotopic (exact) mass is 198 g/mol. The molecule has 1 aliphatic rings. The van der Waals surface area contributed by atoms with E-state index in [2.05, 4.69) is 0 Å². The Morgan fingerprint density at radius 2 is 1.92 bits per heavy atom. The molecule has 0 fully saturated rings. The molecule has 0 aliphatic heterocycles. The fraction of sp³-hybridized carbons (Fsp3) is 0.429. The van der Waals surface area contributed by atoms with E-state index in [9.17, 15) is 13.2 Å². The molecule has 0 radical (unpaired) electrons. The molecule has 0 unspecified atom stereocenters. The maximum Gasteiger partial charge on any atom is 0.399 e. The van der Waals surface area contributed by atoms with Crippen molar-refractivity contribution < 1.29 is 18.3 Å². The molecule has 1 N–H and O–H groups in total. The highest BCUT2D eigenvalue weighted by Crippen LogP contribution is 2.40. The summed E-state index contributed by atoms with van der Waals surface area (Å²) >= 11 is 5.22. The molecule has 0 spiro atoms. The maximum absolute atomic E-state index is 12.1. The third-order valence-electron chi connectivity index (χ3n) is 1.53. The highest BCUT2D eigenvalue weighted by atomic mass is 35.5. The van der Waals surface area contributed by atoms with Gasteiger partial charge in [-0.25, -0.2) is 0 Å². The largest absolute Gasteiger partial charge is 0.399 e. The Labute approximate surface area is 72.1 Å². The third-order valence-corrected chi connectivity index (χ3v) is 1.89. The Balaban J connectivity index is 2.92. The summed E-state index contributed by atoms with van der Waals surface area (Å²) < 4.78 is 36.3. The summed E-state index contributed by atoms with van der Waals surface area (Å²) in [5, 5.41) is 6.74. The molecule has 0 bridgehead atoms. The number of allylic oxidation sites excluding steroid dienone is 2. The van der Waals surface area contributed by atoms with Gasteiger partial charge in [-0.3, -0.25) is 0 Å². The molecule has 0 heterocycles. The number of rotatable bonds is 0. The Morgan fingerprint density at radius 1 is 1.33 bits per heavy atom. The van der Waals surface area contributed by atoms with Gasteiger partial charge < -0.3 is 5.11 Å². The highest BCUT2D eigenvalue weighted by Gasteiger charge is 2.50. The fourth-order valence-electron chi connectivity index (χ4n) is 0.943. The first-order valence-corrected chi connectivity index (χ1v) is 3.56. The van der Waals surface area contributed by atoms with Gasteiger partial charge in [0.15, 0.2) is 5.06 Å². The molecule has 1 aliphatic carbocycles. The van der Waals surface area contributed by atoms with E-state index >= 15 is 0 Å². The second-order valence-electron chi connectivity index (χ2n) is 2.49. The number of hydrogen-bond acceptors (Lipinski definition) is 1. The molecule has 1 nitrogen and oxygen atoms in total. The van der Waals surface area contributed by atoms with Crippen molar-refractivity contribution >= 4 is 11.6 Å². The predicted octanol–water partition coefficient (Wildman–Crippen LogP) is 2.22. The lowest BCUT2D eigenvalue weighted by molar-refractivity contribution is -0.185. The van der Waals surface area contributed by atoms with Crippen LogP contribution in [0.3, 0.4) is 0 Å². The van der Waals surface area contributed by atoms with Crippen LogP contribution in [0.2, 0.25) is 0 Å². The van der Waals surface area contributed by atoms with Crippen molar-refractivity contribution in [2.45, 2.75) is 11.2 Å². The molecular formula is C7H6ClF3O. The smallest absolute Gasteiger partial charge is 0.370 e. The Morgan fingerprint density at radius 3 is 2.25 bits per heavy atom. The Bertz CT molecular complexity index is 229. The molecule has 68 valence electrons. The van der Waals surface area contributed by atoms with Crippen LogP contribution in [0, 0.1) is 5.92 Å². The van der Waals surface area contributed by atoms with Crippen molar-refractivity contribution in [3.05, 3.63) is 24.3 Å². The summed E-state index contributed by atoms with van der Waals surface area (Å²) in [6.45, 7) is 0. The molecule has 0 aromatic carbocycles. The van der Waals surface area contributed by atoms with Gasteiger partial charge in [-0.2, -0.15) is 13.2 Å². The standard InChI is InChI=1S/C7H6ClF3O/c8-6(12)4-2-1-3-5(6)7(9,10)11/h1-5,12H/t5-,6-/m1/s1. The minimum Gasteiger partial charge on any atom is -0.370 e. The minimum absolute atomic E-state index is 0.826. The lowest BCUT2D eigenvalue weighted by Gasteiger charge is -2.28. The van der Waals surface area contributed by atoms with Crippen LogP contribution in [-0.4, -0.2) is 16.3 Å². The summed E-state index contributed by atoms with van der Waals surface area (Å²) in [5.74, 6) is -2.03. The van der Waals surface area contributed by atoms with Crippen LogP contribution in [0.25, 0.3) is 0 Å². The van der Waals surface area contributed by atoms with Crippen LogP contribution < -0.4 is 0 Å². The number of halogens is 4. The molecule has 0 saturated heterocycles. The molecule has 0 aromatic rings. The summed E-state index contributed by atoms with van der Waals surface area (Å²) in [5.41, 5.74) is 0. The maximum atomic E-state index is 12.1. The van der Waals surface area contributed by atoms with E-state index in [1.54, 1.807) is 0 Å². The van der Waals surface area contributed by atoms with Crippen molar-refractivity contribution in [1.29, 1.82) is 0 Å². The third kappa shape index (κ3) is 1.81. The first-order chi connectivity index (χ1) is 5.34.